The van der Waals surface area contributed by atoms with Gasteiger partial charge in [-0.3, -0.25) is 14.6 Å². The molecule has 3 unspecified atom stereocenters. The molecule has 2 amide bonds. The van der Waals surface area contributed by atoms with Crippen molar-refractivity contribution in [2.45, 2.75) is 82.7 Å². The summed E-state index contributed by atoms with van der Waals surface area (Å²) in [6, 6.07) is 6.41. The molecule has 2 saturated heterocycles. The Kier molecular flexibility index (Phi) is 11.4. The number of ether oxygens (including phenoxy) is 4. The Hall–Kier alpha value is -3.66. The van der Waals surface area contributed by atoms with Gasteiger partial charge in [0.05, 0.1) is 65.0 Å². The summed E-state index contributed by atoms with van der Waals surface area (Å²) >= 11 is 0. The third kappa shape index (κ3) is 7.80. The number of alkyl halides is 2. The number of hydrogen-bond acceptors (Lipinski definition) is 8. The Morgan fingerprint density at radius 1 is 0.800 bits per heavy atom. The van der Waals surface area contributed by atoms with Crippen molar-refractivity contribution in [2.75, 3.05) is 59.0 Å². The molecule has 6 rings (SSSR count). The summed E-state index contributed by atoms with van der Waals surface area (Å²) in [6.45, 7) is 2.93. The highest BCUT2D eigenvalue weighted by molar-refractivity contribution is 7.63. The van der Waals surface area contributed by atoms with E-state index in [1.54, 1.807) is 29.3 Å². The Morgan fingerprint density at radius 3 is 2.08 bits per heavy atom. The molecule has 4 aliphatic heterocycles. The Bertz CT molecular complexity index is 1660. The highest BCUT2D eigenvalue weighted by Crippen LogP contribution is 2.48. The van der Waals surface area contributed by atoms with Crippen molar-refractivity contribution >= 4 is 30.9 Å². The zero-order chi connectivity index (χ0) is 35.4. The molecule has 0 aliphatic carbocycles. The number of fused-ring (bicyclic) bond motifs is 4. The lowest BCUT2D eigenvalue weighted by molar-refractivity contribution is 0.0731. The first kappa shape index (κ1) is 36.1. The molecule has 5 atom stereocenters. The van der Waals surface area contributed by atoms with Gasteiger partial charge in [0.1, 0.15) is 12.3 Å². The molecule has 0 spiro atoms. The third-order valence-electron chi connectivity index (χ3n) is 10.3. The van der Waals surface area contributed by atoms with Crippen LogP contribution in [0.2, 0.25) is 0 Å². The van der Waals surface area contributed by atoms with Gasteiger partial charge in [0.25, 0.3) is 11.8 Å². The molecule has 10 nitrogen and oxygen atoms in total. The molecule has 0 saturated carbocycles. The van der Waals surface area contributed by atoms with Crippen molar-refractivity contribution in [1.82, 2.24) is 9.80 Å². The maximum atomic E-state index is 14.1. The van der Waals surface area contributed by atoms with Gasteiger partial charge in [-0.15, -0.1) is 0 Å². The molecular weight excluding hydrogens is 667 g/mol. The molecule has 2 aromatic carbocycles. The van der Waals surface area contributed by atoms with E-state index in [-0.39, 0.29) is 43.4 Å². The fourth-order valence-corrected chi connectivity index (χ4v) is 10.6. The fourth-order valence-electron chi connectivity index (χ4n) is 7.60. The average molecular weight is 716 g/mol. The highest BCUT2D eigenvalue weighted by Gasteiger charge is 2.39. The number of hydrogen-bond donors (Lipinski definition) is 0. The second kappa shape index (κ2) is 15.7. The maximum absolute atomic E-state index is 14.1. The minimum Gasteiger partial charge on any atom is -0.493 e. The van der Waals surface area contributed by atoms with E-state index >= 15 is 0 Å². The Balaban J connectivity index is 1.04. The Labute approximate surface area is 292 Å². The smallest absolute Gasteiger partial charge is 0.256 e. The lowest BCUT2D eigenvalue weighted by Crippen LogP contribution is -2.35. The number of methoxy groups -OCH3 is 2. The van der Waals surface area contributed by atoms with E-state index in [1.807, 2.05) is 6.07 Å². The van der Waals surface area contributed by atoms with E-state index in [0.717, 1.165) is 18.4 Å². The standard InChI is InChI=1S/C37H48F2N3O7P/c1-4-5-12-50(45,13-6-10-48-34-15-24-8-9-27-16-25(38)22-41(27)36(43)29(24)18-32(34)46-2)14-7-11-49-35-20-31-30(19-33(35)47-3)37(44)42-23-26(39)17-28(42)21-40-31/h15,18-21,25-28H,4-14,16-17,22-23H2,1-3H3/t25?,26?,27-,28+,50?/m1/s1. The summed E-state index contributed by atoms with van der Waals surface area (Å²) in [5.41, 5.74) is 2.22. The lowest BCUT2D eigenvalue weighted by Gasteiger charge is -2.22. The van der Waals surface area contributed by atoms with Crippen LogP contribution in [0.15, 0.2) is 29.3 Å². The molecule has 4 aliphatic rings. The predicted octanol–water partition coefficient (Wildman–Crippen LogP) is 6.87. The summed E-state index contributed by atoms with van der Waals surface area (Å²) in [4.78, 5) is 34.0. The zero-order valence-electron chi connectivity index (χ0n) is 29.2. The van der Waals surface area contributed by atoms with Gasteiger partial charge in [-0.05, 0) is 55.9 Å². The van der Waals surface area contributed by atoms with Gasteiger partial charge in [0.15, 0.2) is 23.0 Å². The SMILES string of the molecule is CCCCP(=O)(CCCOc1cc2c(cc1OC)C(=O)N1CC(F)C[C@H]1CC2)CCCOc1cc2c(cc1OC)C(=O)N1CC(F)C[C@H]1C=N2. The van der Waals surface area contributed by atoms with Gasteiger partial charge in [0.2, 0.25) is 0 Å². The van der Waals surface area contributed by atoms with Crippen molar-refractivity contribution in [3.05, 3.63) is 41.0 Å². The van der Waals surface area contributed by atoms with E-state index in [9.17, 15) is 22.9 Å². The lowest BCUT2D eigenvalue weighted by atomic mass is 10.0. The largest absolute Gasteiger partial charge is 0.493 e. The number of nitrogens with zero attached hydrogens (tertiary/aromatic N) is 3. The van der Waals surface area contributed by atoms with Gasteiger partial charge < -0.3 is 33.3 Å². The summed E-state index contributed by atoms with van der Waals surface area (Å²) in [7, 11) is 0.513. The minimum atomic E-state index is -2.52. The molecule has 272 valence electrons. The average Bonchev–Trinajstić information content (AvgIpc) is 3.62. The highest BCUT2D eigenvalue weighted by atomic mass is 31.2. The van der Waals surface area contributed by atoms with Gasteiger partial charge in [-0.1, -0.05) is 13.3 Å². The minimum absolute atomic E-state index is 0.0488. The van der Waals surface area contributed by atoms with E-state index in [2.05, 4.69) is 11.9 Å². The molecule has 0 radical (unpaired) electrons. The molecule has 0 bridgehead atoms. The van der Waals surface area contributed by atoms with Crippen molar-refractivity contribution in [2.24, 2.45) is 4.99 Å². The van der Waals surface area contributed by atoms with Crippen molar-refractivity contribution in [3.63, 3.8) is 0 Å². The van der Waals surface area contributed by atoms with Crippen LogP contribution in [0.5, 0.6) is 23.0 Å². The van der Waals surface area contributed by atoms with Gasteiger partial charge >= 0.3 is 0 Å². The number of benzene rings is 2. The van der Waals surface area contributed by atoms with Gasteiger partial charge in [-0.25, -0.2) is 8.78 Å². The van der Waals surface area contributed by atoms with Crippen LogP contribution in [0.25, 0.3) is 0 Å². The van der Waals surface area contributed by atoms with E-state index in [1.165, 1.54) is 19.1 Å². The summed E-state index contributed by atoms with van der Waals surface area (Å²) in [5, 5.41) is 0. The number of carbonyl (C=O) groups is 2. The number of carbonyl (C=O) groups excluding carboxylic acids is 2. The first-order chi connectivity index (χ1) is 24.1. The van der Waals surface area contributed by atoms with Crippen LogP contribution in [-0.4, -0.2) is 111 Å². The van der Waals surface area contributed by atoms with Crippen LogP contribution in [0.4, 0.5) is 14.5 Å². The van der Waals surface area contributed by atoms with Crippen molar-refractivity contribution in [1.29, 1.82) is 0 Å². The summed E-state index contributed by atoms with van der Waals surface area (Å²) in [5.74, 6) is 1.40. The molecule has 2 aromatic rings. The summed E-state index contributed by atoms with van der Waals surface area (Å²) < 4.78 is 65.5. The van der Waals surface area contributed by atoms with Crippen LogP contribution >= 0.6 is 7.14 Å². The number of halogens is 2. The van der Waals surface area contributed by atoms with E-state index < -0.39 is 19.5 Å². The summed E-state index contributed by atoms with van der Waals surface area (Å²) in [6.07, 6.45) is 6.29. The molecular formula is C37H48F2N3O7P. The van der Waals surface area contributed by atoms with Crippen molar-refractivity contribution < 1.29 is 41.9 Å². The Morgan fingerprint density at radius 2 is 1.40 bits per heavy atom. The van der Waals surface area contributed by atoms with Crippen LogP contribution in [0.1, 0.15) is 78.1 Å². The molecule has 13 heteroatoms. The van der Waals surface area contributed by atoms with E-state index in [0.29, 0.717) is 104 Å². The van der Waals surface area contributed by atoms with Crippen LogP contribution in [-0.2, 0) is 11.0 Å². The first-order valence-corrected chi connectivity index (χ1v) is 20.1. The van der Waals surface area contributed by atoms with Crippen LogP contribution in [0, 0.1) is 0 Å². The number of aliphatic imine (C=N–C) groups is 1. The number of unbranched alkanes of at least 4 members (excludes halogenated alkanes) is 1. The third-order valence-corrected chi connectivity index (χ3v) is 13.7. The van der Waals surface area contributed by atoms with E-state index in [4.69, 9.17) is 18.9 Å². The normalized spacial score (nSPS) is 23.7. The van der Waals surface area contributed by atoms with Crippen LogP contribution in [0.3, 0.4) is 0 Å². The molecule has 50 heavy (non-hydrogen) atoms. The molecule has 4 heterocycles. The quantitative estimate of drug-likeness (QED) is 0.146. The second-order valence-electron chi connectivity index (χ2n) is 13.8. The van der Waals surface area contributed by atoms with Gasteiger partial charge in [-0.2, -0.15) is 0 Å². The molecule has 2 fully saturated rings. The topological polar surface area (TPSA) is 107 Å². The van der Waals surface area contributed by atoms with Crippen molar-refractivity contribution in [3.8, 4) is 23.0 Å². The fraction of sp³-hybridized carbons (Fsp3) is 0.595. The van der Waals surface area contributed by atoms with Gasteiger partial charge in [0, 0.05) is 55.2 Å². The number of rotatable bonds is 15. The molecule has 0 N–H and O–H groups in total. The second-order valence-corrected chi connectivity index (χ2v) is 17.2. The maximum Gasteiger partial charge on any atom is 0.256 e. The first-order valence-electron chi connectivity index (χ1n) is 17.8. The predicted molar refractivity (Wildman–Crippen MR) is 188 cm³/mol. The monoisotopic (exact) mass is 715 g/mol. The molecule has 0 aromatic heterocycles. The zero-order valence-corrected chi connectivity index (χ0v) is 30.1. The number of aryl methyl sites for hydroxylation is 1. The van der Waals surface area contributed by atoms with Crippen LogP contribution < -0.4 is 18.9 Å². The number of amides is 2.